The van der Waals surface area contributed by atoms with Gasteiger partial charge in [0.1, 0.15) is 5.60 Å². The van der Waals surface area contributed by atoms with Crippen molar-refractivity contribution in [2.45, 2.75) is 45.3 Å². The van der Waals surface area contributed by atoms with E-state index in [1.165, 1.54) is 5.57 Å². The van der Waals surface area contributed by atoms with Gasteiger partial charge in [-0.3, -0.25) is 0 Å². The van der Waals surface area contributed by atoms with Gasteiger partial charge in [0.25, 0.3) is 0 Å². The molecule has 2 aliphatic rings. The van der Waals surface area contributed by atoms with Crippen LogP contribution < -0.4 is 5.73 Å². The molecule has 2 aliphatic heterocycles. The van der Waals surface area contributed by atoms with Crippen LogP contribution in [0.2, 0.25) is 0 Å². The van der Waals surface area contributed by atoms with Crippen molar-refractivity contribution in [1.29, 1.82) is 0 Å². The van der Waals surface area contributed by atoms with E-state index in [1.54, 1.807) is 4.90 Å². The third kappa shape index (κ3) is 4.21. The Morgan fingerprint density at radius 3 is 2.65 bits per heavy atom. The van der Waals surface area contributed by atoms with Crippen LogP contribution in [0.4, 0.5) is 4.79 Å². The zero-order chi connectivity index (χ0) is 14.8. The molecule has 2 N–H and O–H groups in total. The SMILES string of the molecule is CC(C)(C)OC(=O)N1CC(C2CCOCC2)=CC(N)C1. The van der Waals surface area contributed by atoms with Gasteiger partial charge < -0.3 is 20.1 Å². The largest absolute Gasteiger partial charge is 0.444 e. The Morgan fingerprint density at radius 2 is 2.05 bits per heavy atom. The smallest absolute Gasteiger partial charge is 0.410 e. The summed E-state index contributed by atoms with van der Waals surface area (Å²) in [7, 11) is 0. The maximum atomic E-state index is 12.2. The Labute approximate surface area is 121 Å². The topological polar surface area (TPSA) is 64.8 Å². The molecule has 0 bridgehead atoms. The molecule has 0 aromatic carbocycles. The molecule has 1 amide bonds. The van der Waals surface area contributed by atoms with Crippen LogP contribution in [0.15, 0.2) is 11.6 Å². The maximum absolute atomic E-state index is 12.2. The molecule has 1 fully saturated rings. The Morgan fingerprint density at radius 1 is 1.40 bits per heavy atom. The van der Waals surface area contributed by atoms with Crippen molar-refractivity contribution in [2.75, 3.05) is 26.3 Å². The van der Waals surface area contributed by atoms with E-state index in [1.807, 2.05) is 20.8 Å². The van der Waals surface area contributed by atoms with Crippen LogP contribution in [0.5, 0.6) is 0 Å². The number of carbonyl (C=O) groups excluding carboxylic acids is 1. The number of hydrogen-bond acceptors (Lipinski definition) is 4. The summed E-state index contributed by atoms with van der Waals surface area (Å²) in [6, 6.07) is -0.103. The van der Waals surface area contributed by atoms with Gasteiger partial charge in [0, 0.05) is 32.3 Å². The maximum Gasteiger partial charge on any atom is 0.410 e. The lowest BCUT2D eigenvalue weighted by atomic mass is 9.88. The summed E-state index contributed by atoms with van der Waals surface area (Å²) in [5.74, 6) is 0.486. The summed E-state index contributed by atoms with van der Waals surface area (Å²) in [5, 5.41) is 0. The fraction of sp³-hybridized carbons (Fsp3) is 0.800. The number of rotatable bonds is 1. The van der Waals surface area contributed by atoms with Gasteiger partial charge in [-0.05, 0) is 45.1 Å². The summed E-state index contributed by atoms with van der Waals surface area (Å²) < 4.78 is 10.8. The second-order valence-electron chi connectivity index (χ2n) is 6.65. The fourth-order valence-electron chi connectivity index (χ4n) is 2.72. The van der Waals surface area contributed by atoms with E-state index in [4.69, 9.17) is 15.2 Å². The van der Waals surface area contributed by atoms with Gasteiger partial charge in [0.05, 0.1) is 0 Å². The summed E-state index contributed by atoms with van der Waals surface area (Å²) in [4.78, 5) is 13.9. The average Bonchev–Trinajstić information content (AvgIpc) is 2.37. The first kappa shape index (κ1) is 15.3. The summed E-state index contributed by atoms with van der Waals surface area (Å²) in [5.41, 5.74) is 6.86. The van der Waals surface area contributed by atoms with Crippen LogP contribution in [0, 0.1) is 5.92 Å². The molecule has 0 saturated carbocycles. The third-order valence-electron chi connectivity index (χ3n) is 3.63. The lowest BCUT2D eigenvalue weighted by Gasteiger charge is -2.36. The molecule has 1 saturated heterocycles. The van der Waals surface area contributed by atoms with Crippen LogP contribution in [0.3, 0.4) is 0 Å². The fourth-order valence-corrected chi connectivity index (χ4v) is 2.72. The molecule has 0 spiro atoms. The van der Waals surface area contributed by atoms with Crippen molar-refractivity contribution < 1.29 is 14.3 Å². The molecule has 0 aliphatic carbocycles. The average molecular weight is 282 g/mol. The summed E-state index contributed by atoms with van der Waals surface area (Å²) in [6.07, 6.45) is 3.88. The zero-order valence-electron chi connectivity index (χ0n) is 12.7. The lowest BCUT2D eigenvalue weighted by Crippen LogP contribution is -2.47. The van der Waals surface area contributed by atoms with E-state index < -0.39 is 5.60 Å². The van der Waals surface area contributed by atoms with Crippen molar-refractivity contribution in [3.63, 3.8) is 0 Å². The van der Waals surface area contributed by atoms with Crippen molar-refractivity contribution in [2.24, 2.45) is 11.7 Å². The summed E-state index contributed by atoms with van der Waals surface area (Å²) in [6.45, 7) is 8.39. The molecular formula is C15H26N2O3. The standard InChI is InChI=1S/C15H26N2O3/c1-15(2,3)20-14(18)17-9-12(8-13(16)10-17)11-4-6-19-7-5-11/h8,11,13H,4-7,9-10,16H2,1-3H3. The van der Waals surface area contributed by atoms with E-state index >= 15 is 0 Å². The van der Waals surface area contributed by atoms with Crippen molar-refractivity contribution >= 4 is 6.09 Å². The highest BCUT2D eigenvalue weighted by atomic mass is 16.6. The van der Waals surface area contributed by atoms with Gasteiger partial charge in [-0.15, -0.1) is 0 Å². The van der Waals surface area contributed by atoms with E-state index in [2.05, 4.69) is 6.08 Å². The molecule has 2 rings (SSSR count). The zero-order valence-corrected chi connectivity index (χ0v) is 12.7. The highest BCUT2D eigenvalue weighted by Gasteiger charge is 2.30. The van der Waals surface area contributed by atoms with Crippen molar-refractivity contribution in [3.8, 4) is 0 Å². The molecule has 20 heavy (non-hydrogen) atoms. The number of nitrogens with zero attached hydrogens (tertiary/aromatic N) is 1. The molecule has 114 valence electrons. The monoisotopic (exact) mass is 282 g/mol. The molecular weight excluding hydrogens is 256 g/mol. The predicted octanol–water partition coefficient (Wildman–Crippen LogP) is 1.92. The number of carbonyl (C=O) groups is 1. The molecule has 5 heteroatoms. The van der Waals surface area contributed by atoms with Crippen molar-refractivity contribution in [1.82, 2.24) is 4.90 Å². The normalized spacial score (nSPS) is 25.3. The summed E-state index contributed by atoms with van der Waals surface area (Å²) >= 11 is 0. The predicted molar refractivity (Wildman–Crippen MR) is 77.4 cm³/mol. The second-order valence-corrected chi connectivity index (χ2v) is 6.65. The van der Waals surface area contributed by atoms with Crippen LogP contribution in [0.1, 0.15) is 33.6 Å². The van der Waals surface area contributed by atoms with Crippen LogP contribution in [-0.2, 0) is 9.47 Å². The van der Waals surface area contributed by atoms with Crippen LogP contribution in [0.25, 0.3) is 0 Å². The van der Waals surface area contributed by atoms with Gasteiger partial charge in [-0.1, -0.05) is 6.08 Å². The molecule has 1 unspecified atom stereocenters. The third-order valence-corrected chi connectivity index (χ3v) is 3.63. The quantitative estimate of drug-likeness (QED) is 0.746. The number of nitrogens with two attached hydrogens (primary N) is 1. The number of ether oxygens (including phenoxy) is 2. The Hall–Kier alpha value is -1.07. The first-order valence-corrected chi connectivity index (χ1v) is 7.37. The highest BCUT2D eigenvalue weighted by molar-refractivity contribution is 5.69. The van der Waals surface area contributed by atoms with Gasteiger partial charge in [-0.2, -0.15) is 0 Å². The van der Waals surface area contributed by atoms with E-state index in [9.17, 15) is 4.79 Å². The Bertz CT molecular complexity index is 381. The molecule has 2 heterocycles. The van der Waals surface area contributed by atoms with E-state index in [-0.39, 0.29) is 12.1 Å². The van der Waals surface area contributed by atoms with Gasteiger partial charge in [0.2, 0.25) is 0 Å². The van der Waals surface area contributed by atoms with Gasteiger partial charge >= 0.3 is 6.09 Å². The minimum atomic E-state index is -0.471. The van der Waals surface area contributed by atoms with Gasteiger partial charge in [0.15, 0.2) is 0 Å². The lowest BCUT2D eigenvalue weighted by molar-refractivity contribution is 0.0236. The minimum absolute atomic E-state index is 0.103. The van der Waals surface area contributed by atoms with E-state index in [0.717, 1.165) is 26.1 Å². The minimum Gasteiger partial charge on any atom is -0.444 e. The van der Waals surface area contributed by atoms with Crippen LogP contribution >= 0.6 is 0 Å². The first-order valence-electron chi connectivity index (χ1n) is 7.37. The number of hydrogen-bond donors (Lipinski definition) is 1. The second kappa shape index (κ2) is 6.14. The Balaban J connectivity index is 2.00. The molecule has 0 radical (unpaired) electrons. The molecule has 5 nitrogen and oxygen atoms in total. The van der Waals surface area contributed by atoms with E-state index in [0.29, 0.717) is 19.0 Å². The highest BCUT2D eigenvalue weighted by Crippen LogP contribution is 2.27. The molecule has 0 aromatic heterocycles. The Kier molecular flexibility index (Phi) is 4.70. The first-order chi connectivity index (χ1) is 9.35. The van der Waals surface area contributed by atoms with Crippen LogP contribution in [-0.4, -0.2) is 48.9 Å². The number of amides is 1. The van der Waals surface area contributed by atoms with Gasteiger partial charge in [-0.25, -0.2) is 4.79 Å². The molecule has 1 atom stereocenters. The van der Waals surface area contributed by atoms with Crippen molar-refractivity contribution in [3.05, 3.63) is 11.6 Å². The molecule has 0 aromatic rings.